The molecule has 0 aliphatic rings. The van der Waals surface area contributed by atoms with Crippen LogP contribution in [0.25, 0.3) is 0 Å². The van der Waals surface area contributed by atoms with Gasteiger partial charge in [0.05, 0.1) is 10.7 Å². The number of ketones is 1. The largest absolute Gasteiger partial charge is 0.287 e. The lowest BCUT2D eigenvalue weighted by Gasteiger charge is -2.07. The number of hydrogen-bond donors (Lipinski definition) is 0. The molecule has 0 aliphatic heterocycles. The van der Waals surface area contributed by atoms with Crippen molar-refractivity contribution in [1.29, 1.82) is 0 Å². The van der Waals surface area contributed by atoms with Crippen LogP contribution in [-0.2, 0) is 6.54 Å². The normalized spacial score (nSPS) is 10.6. The summed E-state index contributed by atoms with van der Waals surface area (Å²) in [5.41, 5.74) is 1.35. The van der Waals surface area contributed by atoms with Crippen LogP contribution in [0.4, 0.5) is 0 Å². The van der Waals surface area contributed by atoms with E-state index in [2.05, 4.69) is 50.5 Å². The molecule has 2 aromatic rings. The number of benzene rings is 1. The van der Waals surface area contributed by atoms with E-state index in [0.717, 1.165) is 26.6 Å². The Kier molecular flexibility index (Phi) is 4.55. The maximum atomic E-state index is 12.5. The molecule has 2 rings (SSSR count). The number of aromatic nitrogens is 2. The van der Waals surface area contributed by atoms with Gasteiger partial charge < -0.3 is 0 Å². The van der Waals surface area contributed by atoms with E-state index in [4.69, 9.17) is 0 Å². The highest BCUT2D eigenvalue weighted by Gasteiger charge is 2.20. The van der Waals surface area contributed by atoms with Crippen molar-refractivity contribution in [2.24, 2.45) is 0 Å². The minimum Gasteiger partial charge on any atom is -0.287 e. The van der Waals surface area contributed by atoms with Crippen molar-refractivity contribution in [2.45, 2.75) is 19.9 Å². The predicted octanol–water partition coefficient (Wildman–Crippen LogP) is 3.89. The van der Waals surface area contributed by atoms with Gasteiger partial charge in [0.15, 0.2) is 0 Å². The molecule has 0 N–H and O–H groups in total. The fourth-order valence-electron chi connectivity index (χ4n) is 1.74. The van der Waals surface area contributed by atoms with Gasteiger partial charge in [-0.3, -0.25) is 9.48 Å². The van der Waals surface area contributed by atoms with Gasteiger partial charge in [-0.15, -0.1) is 0 Å². The molecule has 0 atom stereocenters. The number of aryl methyl sites for hydroxylation is 1. The van der Waals surface area contributed by atoms with Crippen LogP contribution in [0.2, 0.25) is 0 Å². The average Bonchev–Trinajstić information content (AvgIpc) is 2.71. The smallest absolute Gasteiger partial charge is 0.213 e. The van der Waals surface area contributed by atoms with Crippen molar-refractivity contribution in [3.05, 3.63) is 49.8 Å². The molecule has 18 heavy (non-hydrogen) atoms. The molecule has 0 aliphatic carbocycles. The van der Waals surface area contributed by atoms with Crippen molar-refractivity contribution in [1.82, 2.24) is 9.78 Å². The Labute approximate surface area is 128 Å². The van der Waals surface area contributed by atoms with E-state index < -0.39 is 0 Å². The Morgan fingerprint density at radius 3 is 2.83 bits per heavy atom. The van der Waals surface area contributed by atoms with Crippen molar-refractivity contribution < 1.29 is 4.79 Å². The van der Waals surface area contributed by atoms with E-state index in [9.17, 15) is 4.79 Å². The number of halogens is 2. The number of rotatable bonds is 4. The summed E-state index contributed by atoms with van der Waals surface area (Å²) in [4.78, 5) is 12.5. The number of carbonyl (C=O) groups is 1. The first kappa shape index (κ1) is 13.7. The first-order chi connectivity index (χ1) is 8.65. The third kappa shape index (κ3) is 2.66. The van der Waals surface area contributed by atoms with E-state index in [0.29, 0.717) is 5.69 Å². The summed E-state index contributed by atoms with van der Waals surface area (Å²) < 4.78 is 3.46. The molecule has 94 valence electrons. The van der Waals surface area contributed by atoms with Gasteiger partial charge in [-0.05, 0) is 57.1 Å². The van der Waals surface area contributed by atoms with Crippen LogP contribution in [0.5, 0.6) is 0 Å². The van der Waals surface area contributed by atoms with Crippen LogP contribution >= 0.6 is 38.5 Å². The van der Waals surface area contributed by atoms with Gasteiger partial charge in [0.2, 0.25) is 5.78 Å². The second kappa shape index (κ2) is 5.97. The highest BCUT2D eigenvalue weighted by Crippen LogP contribution is 2.22. The van der Waals surface area contributed by atoms with Crippen molar-refractivity contribution in [3.63, 3.8) is 0 Å². The summed E-state index contributed by atoms with van der Waals surface area (Å²) in [6, 6.07) is 7.59. The summed E-state index contributed by atoms with van der Waals surface area (Å²) in [5.74, 6) is 0.0119. The molecule has 3 nitrogen and oxygen atoms in total. The van der Waals surface area contributed by atoms with E-state index in [-0.39, 0.29) is 5.78 Å². The number of nitrogens with zero attached hydrogens (tertiary/aromatic N) is 2. The molecule has 0 radical (unpaired) electrons. The van der Waals surface area contributed by atoms with Crippen LogP contribution < -0.4 is 0 Å². The van der Waals surface area contributed by atoms with Gasteiger partial charge in [0.25, 0.3) is 0 Å². The van der Waals surface area contributed by atoms with Crippen molar-refractivity contribution >= 4 is 44.3 Å². The van der Waals surface area contributed by atoms with Crippen LogP contribution in [0.3, 0.4) is 0 Å². The molecule has 0 saturated heterocycles. The van der Waals surface area contributed by atoms with Gasteiger partial charge in [-0.2, -0.15) is 5.10 Å². The SMILES string of the molecule is CCCn1ncc(Br)c1C(=O)c1ccccc1I. The Morgan fingerprint density at radius 1 is 1.44 bits per heavy atom. The molecule has 0 fully saturated rings. The molecule has 0 amide bonds. The predicted molar refractivity (Wildman–Crippen MR) is 82.8 cm³/mol. The van der Waals surface area contributed by atoms with Crippen LogP contribution in [0.1, 0.15) is 29.4 Å². The van der Waals surface area contributed by atoms with Gasteiger partial charge >= 0.3 is 0 Å². The molecular weight excluding hydrogens is 407 g/mol. The molecule has 0 bridgehead atoms. The van der Waals surface area contributed by atoms with Crippen LogP contribution in [0.15, 0.2) is 34.9 Å². The monoisotopic (exact) mass is 418 g/mol. The van der Waals surface area contributed by atoms with Crippen molar-refractivity contribution in [2.75, 3.05) is 0 Å². The molecule has 1 heterocycles. The highest BCUT2D eigenvalue weighted by molar-refractivity contribution is 14.1. The van der Waals surface area contributed by atoms with E-state index >= 15 is 0 Å². The quantitative estimate of drug-likeness (QED) is 0.557. The topological polar surface area (TPSA) is 34.9 Å². The van der Waals surface area contributed by atoms with Gasteiger partial charge in [-0.1, -0.05) is 19.1 Å². The lowest BCUT2D eigenvalue weighted by molar-refractivity contribution is 0.102. The van der Waals surface area contributed by atoms with Crippen LogP contribution in [0, 0.1) is 3.57 Å². The third-order valence-corrected chi connectivity index (χ3v) is 4.08. The lowest BCUT2D eigenvalue weighted by atomic mass is 10.1. The Bertz CT molecular complexity index is 580. The zero-order valence-corrected chi connectivity index (χ0v) is 13.6. The van der Waals surface area contributed by atoms with E-state index in [1.165, 1.54) is 0 Å². The zero-order valence-electron chi connectivity index (χ0n) is 9.86. The van der Waals surface area contributed by atoms with Gasteiger partial charge in [-0.25, -0.2) is 0 Å². The zero-order chi connectivity index (χ0) is 13.1. The molecule has 5 heteroatoms. The van der Waals surface area contributed by atoms with E-state index in [1.54, 1.807) is 10.9 Å². The average molecular weight is 419 g/mol. The minimum absolute atomic E-state index is 0.0119. The second-order valence-electron chi connectivity index (χ2n) is 3.87. The molecule has 1 aromatic heterocycles. The summed E-state index contributed by atoms with van der Waals surface area (Å²) in [6.07, 6.45) is 2.62. The third-order valence-electron chi connectivity index (χ3n) is 2.56. The van der Waals surface area contributed by atoms with Gasteiger partial charge in [0.1, 0.15) is 5.69 Å². The summed E-state index contributed by atoms with van der Waals surface area (Å²) in [5, 5.41) is 4.23. The molecule has 1 aromatic carbocycles. The molecule has 0 saturated carbocycles. The summed E-state index contributed by atoms with van der Waals surface area (Å²) in [7, 11) is 0. The minimum atomic E-state index is 0.0119. The Hall–Kier alpha value is -0.690. The summed E-state index contributed by atoms with van der Waals surface area (Å²) >= 11 is 5.58. The standard InChI is InChI=1S/C13H12BrIN2O/c1-2-7-17-12(10(14)8-16-17)13(18)9-5-3-4-6-11(9)15/h3-6,8H,2,7H2,1H3. The molecule has 0 unspecified atom stereocenters. The fourth-order valence-corrected chi connectivity index (χ4v) is 2.85. The number of carbonyl (C=O) groups excluding carboxylic acids is 1. The van der Waals surface area contributed by atoms with Gasteiger partial charge in [0, 0.05) is 15.7 Å². The van der Waals surface area contributed by atoms with E-state index in [1.807, 2.05) is 24.3 Å². The molecule has 0 spiro atoms. The Morgan fingerprint density at radius 2 is 2.17 bits per heavy atom. The number of hydrogen-bond acceptors (Lipinski definition) is 2. The lowest BCUT2D eigenvalue weighted by Crippen LogP contribution is -2.13. The Balaban J connectivity index is 2.46. The maximum Gasteiger partial charge on any atom is 0.213 e. The first-order valence-corrected chi connectivity index (χ1v) is 7.53. The maximum absolute atomic E-state index is 12.5. The second-order valence-corrected chi connectivity index (χ2v) is 5.89. The summed E-state index contributed by atoms with van der Waals surface area (Å²) in [6.45, 7) is 2.81. The van der Waals surface area contributed by atoms with Crippen molar-refractivity contribution in [3.8, 4) is 0 Å². The first-order valence-electron chi connectivity index (χ1n) is 5.65. The highest BCUT2D eigenvalue weighted by atomic mass is 127. The molecular formula is C13H12BrIN2O. The van der Waals surface area contributed by atoms with Crippen LogP contribution in [-0.4, -0.2) is 15.6 Å². The fraction of sp³-hybridized carbons (Fsp3) is 0.231.